The van der Waals surface area contributed by atoms with E-state index < -0.39 is 11.6 Å². The number of hydrogen-bond acceptors (Lipinski definition) is 2. The van der Waals surface area contributed by atoms with Crippen LogP contribution in [0.2, 0.25) is 0 Å². The number of hydrogen-bond donors (Lipinski definition) is 0. The molecule has 0 spiro atoms. The highest BCUT2D eigenvalue weighted by Gasteiger charge is 2.15. The van der Waals surface area contributed by atoms with Crippen molar-refractivity contribution in [2.24, 2.45) is 0 Å². The molecule has 0 saturated heterocycles. The summed E-state index contributed by atoms with van der Waals surface area (Å²) in [4.78, 5) is 12.5. The zero-order chi connectivity index (χ0) is 13.3. The Balaban J connectivity index is 2.24. The molecule has 0 N–H and O–H groups in total. The molecule has 0 fully saturated rings. The maximum Gasteiger partial charge on any atom is 0.177 e. The maximum absolute atomic E-state index is 13.4. The van der Waals surface area contributed by atoms with E-state index >= 15 is 0 Å². The van der Waals surface area contributed by atoms with Gasteiger partial charge in [0.1, 0.15) is 0 Å². The summed E-state index contributed by atoms with van der Waals surface area (Å²) in [5.41, 5.74) is 1.05. The molecule has 0 atom stereocenters. The second-order valence-corrected chi connectivity index (χ2v) is 6.25. The van der Waals surface area contributed by atoms with Crippen molar-refractivity contribution in [2.75, 3.05) is 0 Å². The lowest BCUT2D eigenvalue weighted by atomic mass is 10.1. The van der Waals surface area contributed by atoms with Gasteiger partial charge < -0.3 is 0 Å². The molecule has 0 saturated carbocycles. The fourth-order valence-corrected chi connectivity index (χ4v) is 3.01. The average molecular weight is 331 g/mol. The lowest BCUT2D eigenvalue weighted by molar-refractivity contribution is 0.0995. The first-order valence-electron chi connectivity index (χ1n) is 5.21. The zero-order valence-electron chi connectivity index (χ0n) is 9.47. The number of carbonyl (C=O) groups is 1. The van der Waals surface area contributed by atoms with Gasteiger partial charge in [-0.25, -0.2) is 8.78 Å². The normalized spacial score (nSPS) is 10.7. The molecule has 94 valence electrons. The number of ketones is 1. The minimum Gasteiger partial charge on any atom is -0.293 e. The van der Waals surface area contributed by atoms with Gasteiger partial charge in [-0.2, -0.15) is 0 Å². The van der Waals surface area contributed by atoms with E-state index in [1.165, 1.54) is 23.5 Å². The van der Waals surface area contributed by atoms with Crippen LogP contribution in [0.25, 0.3) is 0 Å². The largest absolute Gasteiger partial charge is 0.293 e. The Bertz CT molecular complexity index is 588. The molecule has 2 rings (SSSR count). The lowest BCUT2D eigenvalue weighted by Crippen LogP contribution is -2.04. The van der Waals surface area contributed by atoms with Gasteiger partial charge in [0.2, 0.25) is 0 Å². The first kappa shape index (κ1) is 13.4. The van der Waals surface area contributed by atoms with E-state index in [0.717, 1.165) is 15.4 Å². The monoisotopic (exact) mass is 330 g/mol. The van der Waals surface area contributed by atoms with Gasteiger partial charge in [0.05, 0.1) is 8.66 Å². The number of Topliss-reactive ketones (excluding diaryl/α,β-unsaturated/α-hetero) is 1. The predicted molar refractivity (Wildman–Crippen MR) is 71.1 cm³/mol. The number of carbonyl (C=O) groups excluding carboxylic acids is 1. The van der Waals surface area contributed by atoms with Gasteiger partial charge in [-0.1, -0.05) is 12.1 Å². The molecule has 0 amide bonds. The van der Waals surface area contributed by atoms with E-state index in [4.69, 9.17) is 0 Å². The Labute approximate surface area is 116 Å². The highest BCUT2D eigenvalue weighted by molar-refractivity contribution is 9.11. The molecule has 0 unspecified atom stereocenters. The van der Waals surface area contributed by atoms with Gasteiger partial charge in [-0.15, -0.1) is 11.3 Å². The van der Waals surface area contributed by atoms with Crippen LogP contribution in [0.4, 0.5) is 8.78 Å². The quantitative estimate of drug-likeness (QED) is 0.756. The summed E-state index contributed by atoms with van der Waals surface area (Å²) in [5, 5.41) is 0. The minimum absolute atomic E-state index is 0.0853. The van der Waals surface area contributed by atoms with Crippen LogP contribution in [-0.4, -0.2) is 5.78 Å². The van der Waals surface area contributed by atoms with E-state index in [1.807, 2.05) is 6.92 Å². The summed E-state index contributed by atoms with van der Waals surface area (Å²) in [6.07, 6.45) is -0.129. The Morgan fingerprint density at radius 3 is 2.72 bits per heavy atom. The topological polar surface area (TPSA) is 17.1 Å². The second kappa shape index (κ2) is 5.28. The summed E-state index contributed by atoms with van der Waals surface area (Å²) in [7, 11) is 0. The van der Waals surface area contributed by atoms with Crippen LogP contribution >= 0.6 is 27.3 Å². The molecule has 0 aliphatic rings. The Morgan fingerprint density at radius 2 is 2.11 bits per heavy atom. The van der Waals surface area contributed by atoms with Crippen LogP contribution in [0, 0.1) is 18.6 Å². The molecular formula is C13H9BrF2OS. The van der Waals surface area contributed by atoms with Gasteiger partial charge in [0, 0.05) is 6.42 Å². The van der Waals surface area contributed by atoms with Gasteiger partial charge in [-0.05, 0) is 46.1 Å². The molecule has 1 aromatic heterocycles. The molecule has 5 heteroatoms. The molecule has 0 aliphatic heterocycles. The van der Waals surface area contributed by atoms with E-state index in [0.29, 0.717) is 4.88 Å². The van der Waals surface area contributed by atoms with Crippen LogP contribution in [0.15, 0.2) is 28.1 Å². The highest BCUT2D eigenvalue weighted by atomic mass is 79.9. The van der Waals surface area contributed by atoms with Crippen molar-refractivity contribution in [1.82, 2.24) is 0 Å². The number of rotatable bonds is 3. The SMILES string of the molecule is Cc1cc(C(=O)Cc2cccc(F)c2F)sc1Br. The van der Waals surface area contributed by atoms with Gasteiger partial charge in [0.15, 0.2) is 17.4 Å². The molecule has 0 radical (unpaired) electrons. The summed E-state index contributed by atoms with van der Waals surface area (Å²) < 4.78 is 27.3. The molecular weight excluding hydrogens is 322 g/mol. The third-order valence-electron chi connectivity index (χ3n) is 2.51. The Hall–Kier alpha value is -1.07. The molecule has 2 aromatic rings. The van der Waals surface area contributed by atoms with Crippen molar-refractivity contribution in [2.45, 2.75) is 13.3 Å². The number of benzene rings is 1. The maximum atomic E-state index is 13.4. The first-order chi connectivity index (χ1) is 8.49. The van der Waals surface area contributed by atoms with Crippen LogP contribution in [0.1, 0.15) is 20.8 Å². The van der Waals surface area contributed by atoms with E-state index in [2.05, 4.69) is 15.9 Å². The van der Waals surface area contributed by atoms with Gasteiger partial charge >= 0.3 is 0 Å². The summed E-state index contributed by atoms with van der Waals surface area (Å²) in [5.74, 6) is -2.08. The van der Waals surface area contributed by atoms with Crippen LogP contribution in [-0.2, 0) is 6.42 Å². The fraction of sp³-hybridized carbons (Fsp3) is 0.154. The van der Waals surface area contributed by atoms with Gasteiger partial charge in [-0.3, -0.25) is 4.79 Å². The smallest absolute Gasteiger partial charge is 0.177 e. The third kappa shape index (κ3) is 2.67. The number of aryl methyl sites for hydroxylation is 1. The lowest BCUT2D eigenvalue weighted by Gasteiger charge is -2.01. The highest BCUT2D eigenvalue weighted by Crippen LogP contribution is 2.28. The van der Waals surface area contributed by atoms with E-state index in [-0.39, 0.29) is 17.8 Å². The average Bonchev–Trinajstić information content (AvgIpc) is 2.66. The van der Waals surface area contributed by atoms with Gasteiger partial charge in [0.25, 0.3) is 0 Å². The molecule has 0 bridgehead atoms. The van der Waals surface area contributed by atoms with Crippen molar-refractivity contribution in [3.05, 3.63) is 55.7 Å². The van der Waals surface area contributed by atoms with Crippen molar-refractivity contribution in [3.63, 3.8) is 0 Å². The zero-order valence-corrected chi connectivity index (χ0v) is 11.9. The van der Waals surface area contributed by atoms with E-state index in [9.17, 15) is 13.6 Å². The summed E-state index contributed by atoms with van der Waals surface area (Å²) >= 11 is 4.63. The first-order valence-corrected chi connectivity index (χ1v) is 6.82. The van der Waals surface area contributed by atoms with E-state index in [1.54, 1.807) is 6.07 Å². The molecule has 1 heterocycles. The standard InChI is InChI=1S/C13H9BrF2OS/c1-7-5-11(18-13(7)14)10(17)6-8-3-2-4-9(15)12(8)16/h2-5H,6H2,1H3. The van der Waals surface area contributed by atoms with Crippen LogP contribution in [0.3, 0.4) is 0 Å². The van der Waals surface area contributed by atoms with Crippen molar-refractivity contribution < 1.29 is 13.6 Å². The Morgan fingerprint density at radius 1 is 1.39 bits per heavy atom. The predicted octanol–water partition coefficient (Wildman–Crippen LogP) is 4.52. The van der Waals surface area contributed by atoms with Crippen LogP contribution in [0.5, 0.6) is 0 Å². The third-order valence-corrected chi connectivity index (χ3v) is 4.69. The Kier molecular flexibility index (Phi) is 3.92. The molecule has 0 aliphatic carbocycles. The van der Waals surface area contributed by atoms with Crippen molar-refractivity contribution in [3.8, 4) is 0 Å². The number of halogens is 3. The summed E-state index contributed by atoms with van der Waals surface area (Å²) in [6.45, 7) is 1.88. The molecule has 1 nitrogen and oxygen atoms in total. The minimum atomic E-state index is -0.946. The number of thiophene rings is 1. The fourth-order valence-electron chi connectivity index (χ4n) is 1.54. The molecule has 18 heavy (non-hydrogen) atoms. The van der Waals surface area contributed by atoms with Crippen molar-refractivity contribution in [1.29, 1.82) is 0 Å². The summed E-state index contributed by atoms with van der Waals surface area (Å²) in [6, 6.07) is 5.60. The van der Waals surface area contributed by atoms with Crippen molar-refractivity contribution >= 4 is 33.0 Å². The molecule has 1 aromatic carbocycles. The van der Waals surface area contributed by atoms with Crippen LogP contribution < -0.4 is 0 Å². The second-order valence-electron chi connectivity index (χ2n) is 3.88.